The van der Waals surface area contributed by atoms with Gasteiger partial charge in [-0.3, -0.25) is 0 Å². The van der Waals surface area contributed by atoms with E-state index in [0.717, 1.165) is 24.5 Å². The highest BCUT2D eigenvalue weighted by Gasteiger charge is 2.20. The van der Waals surface area contributed by atoms with Gasteiger partial charge in [-0.15, -0.1) is 11.3 Å². The third-order valence-electron chi connectivity index (χ3n) is 3.14. The van der Waals surface area contributed by atoms with Crippen molar-refractivity contribution in [2.24, 2.45) is 0 Å². The Labute approximate surface area is 124 Å². The molecule has 1 aromatic heterocycles. The Bertz CT molecular complexity index is 405. The van der Waals surface area contributed by atoms with Crippen molar-refractivity contribution >= 4 is 22.4 Å². The molecule has 0 fully saturated rings. The lowest BCUT2D eigenvalue weighted by atomic mass is 10.1. The highest BCUT2D eigenvalue weighted by Crippen LogP contribution is 2.25. The molecule has 0 aromatic carbocycles. The Morgan fingerprint density at radius 2 is 2.10 bits per heavy atom. The summed E-state index contributed by atoms with van der Waals surface area (Å²) in [5.41, 5.74) is 0.389. The summed E-state index contributed by atoms with van der Waals surface area (Å²) in [7, 11) is 1.69. The van der Waals surface area contributed by atoms with Gasteiger partial charge in [0.25, 0.3) is 0 Å². The van der Waals surface area contributed by atoms with Crippen molar-refractivity contribution in [2.45, 2.75) is 39.7 Å². The van der Waals surface area contributed by atoms with Crippen LogP contribution in [0.2, 0.25) is 0 Å². The molecule has 0 radical (unpaired) electrons. The van der Waals surface area contributed by atoms with E-state index in [2.05, 4.69) is 23.7 Å². The molecule has 114 valence electrons. The molecule has 0 aliphatic rings. The summed E-state index contributed by atoms with van der Waals surface area (Å²) in [5, 5.41) is 2.62. The highest BCUT2D eigenvalue weighted by atomic mass is 32.1. The fourth-order valence-electron chi connectivity index (χ4n) is 2.05. The second-order valence-corrected chi connectivity index (χ2v) is 5.23. The summed E-state index contributed by atoms with van der Waals surface area (Å²) in [5.74, 6) is -0.355. The van der Waals surface area contributed by atoms with E-state index < -0.39 is 0 Å². The van der Waals surface area contributed by atoms with E-state index in [0.29, 0.717) is 24.9 Å². The Balaban J connectivity index is 2.87. The quantitative estimate of drug-likeness (QED) is 0.656. The number of ether oxygens (including phenoxy) is 2. The van der Waals surface area contributed by atoms with E-state index >= 15 is 0 Å². The van der Waals surface area contributed by atoms with E-state index in [1.54, 1.807) is 19.4 Å². The third-order valence-corrected chi connectivity index (χ3v) is 4.02. The smallest absolute Gasteiger partial charge is 0.357 e. The minimum absolute atomic E-state index is 0.355. The Kier molecular flexibility index (Phi) is 7.54. The number of carbonyl (C=O) groups is 1. The maximum Gasteiger partial charge on any atom is 0.357 e. The third kappa shape index (κ3) is 4.45. The summed E-state index contributed by atoms with van der Waals surface area (Å²) in [4.78, 5) is 18.3. The molecule has 1 rings (SSSR count). The molecule has 0 saturated carbocycles. The van der Waals surface area contributed by atoms with Crippen molar-refractivity contribution in [3.63, 3.8) is 0 Å². The molecule has 0 N–H and O–H groups in total. The average Bonchev–Trinajstić information content (AvgIpc) is 2.93. The summed E-state index contributed by atoms with van der Waals surface area (Å²) in [6.07, 6.45) is 2.07. The van der Waals surface area contributed by atoms with Crippen LogP contribution >= 0.6 is 11.3 Å². The number of hydrogen-bond donors (Lipinski definition) is 0. The lowest BCUT2D eigenvalue weighted by Gasteiger charge is -2.29. The summed E-state index contributed by atoms with van der Waals surface area (Å²) >= 11 is 1.48. The van der Waals surface area contributed by atoms with E-state index in [1.807, 2.05) is 0 Å². The largest absolute Gasteiger partial charge is 0.461 e. The van der Waals surface area contributed by atoms with Crippen molar-refractivity contribution in [3.05, 3.63) is 11.1 Å². The molecular formula is C14H24N2O3S. The van der Waals surface area contributed by atoms with Crippen LogP contribution in [-0.4, -0.2) is 43.9 Å². The van der Waals surface area contributed by atoms with Crippen LogP contribution in [0.15, 0.2) is 5.38 Å². The first-order chi connectivity index (χ1) is 9.67. The van der Waals surface area contributed by atoms with Crippen LogP contribution in [-0.2, 0) is 9.47 Å². The molecule has 0 bridgehead atoms. The fraction of sp³-hybridized carbons (Fsp3) is 0.714. The molecule has 0 aliphatic heterocycles. The number of methoxy groups -OCH3 is 1. The number of thiazole rings is 1. The topological polar surface area (TPSA) is 51.7 Å². The number of esters is 1. The zero-order valence-corrected chi connectivity index (χ0v) is 13.5. The number of nitrogens with zero attached hydrogens (tertiary/aromatic N) is 2. The molecule has 0 amide bonds. The van der Waals surface area contributed by atoms with Gasteiger partial charge in [0.2, 0.25) is 0 Å². The van der Waals surface area contributed by atoms with Crippen molar-refractivity contribution < 1.29 is 14.3 Å². The zero-order valence-electron chi connectivity index (χ0n) is 12.7. The van der Waals surface area contributed by atoms with E-state index in [9.17, 15) is 4.79 Å². The average molecular weight is 300 g/mol. The summed E-state index contributed by atoms with van der Waals surface area (Å²) < 4.78 is 10.1. The van der Waals surface area contributed by atoms with E-state index in [-0.39, 0.29) is 5.97 Å². The van der Waals surface area contributed by atoms with Gasteiger partial charge in [0.1, 0.15) is 0 Å². The molecule has 0 atom stereocenters. The lowest BCUT2D eigenvalue weighted by Crippen LogP contribution is -2.37. The van der Waals surface area contributed by atoms with Crippen molar-refractivity contribution in [1.29, 1.82) is 0 Å². The van der Waals surface area contributed by atoms with Gasteiger partial charge >= 0.3 is 5.97 Å². The SMILES string of the molecule is CCOC(=O)c1csc(N(CCOC)C(CC)CC)n1. The Hall–Kier alpha value is -1.14. The lowest BCUT2D eigenvalue weighted by molar-refractivity contribution is 0.0520. The zero-order chi connectivity index (χ0) is 15.0. The maximum absolute atomic E-state index is 11.7. The summed E-state index contributed by atoms with van der Waals surface area (Å²) in [6, 6.07) is 0.409. The Morgan fingerprint density at radius 1 is 1.40 bits per heavy atom. The minimum Gasteiger partial charge on any atom is -0.461 e. The predicted molar refractivity (Wildman–Crippen MR) is 81.7 cm³/mol. The number of hydrogen-bond acceptors (Lipinski definition) is 6. The molecular weight excluding hydrogens is 276 g/mol. The van der Waals surface area contributed by atoms with Crippen LogP contribution in [0.3, 0.4) is 0 Å². The second kappa shape index (κ2) is 8.92. The predicted octanol–water partition coefficient (Wildman–Crippen LogP) is 2.96. The van der Waals surface area contributed by atoms with Gasteiger partial charge in [0.15, 0.2) is 10.8 Å². The first-order valence-corrected chi connectivity index (χ1v) is 7.94. The molecule has 1 aromatic rings. The van der Waals surface area contributed by atoms with Gasteiger partial charge < -0.3 is 14.4 Å². The van der Waals surface area contributed by atoms with E-state index in [4.69, 9.17) is 9.47 Å². The van der Waals surface area contributed by atoms with Crippen LogP contribution in [0.4, 0.5) is 5.13 Å². The standard InChI is InChI=1S/C14H24N2O3S/c1-5-11(6-2)16(8-9-18-4)14-15-12(10-20-14)13(17)19-7-3/h10-11H,5-9H2,1-4H3. The van der Waals surface area contributed by atoms with Crippen LogP contribution in [0.1, 0.15) is 44.1 Å². The molecule has 0 unspecified atom stereocenters. The maximum atomic E-state index is 11.7. The second-order valence-electron chi connectivity index (χ2n) is 4.39. The molecule has 5 nitrogen and oxygen atoms in total. The van der Waals surface area contributed by atoms with Crippen LogP contribution < -0.4 is 4.90 Å². The van der Waals surface area contributed by atoms with Gasteiger partial charge in [-0.05, 0) is 19.8 Å². The molecule has 1 heterocycles. The van der Waals surface area contributed by atoms with Crippen LogP contribution in [0.25, 0.3) is 0 Å². The van der Waals surface area contributed by atoms with Gasteiger partial charge in [0.05, 0.1) is 13.2 Å². The number of rotatable bonds is 9. The van der Waals surface area contributed by atoms with Crippen LogP contribution in [0, 0.1) is 0 Å². The molecule has 0 aliphatic carbocycles. The molecule has 0 saturated heterocycles. The molecule has 0 spiro atoms. The van der Waals surface area contributed by atoms with Crippen LogP contribution in [0.5, 0.6) is 0 Å². The van der Waals surface area contributed by atoms with Gasteiger partial charge in [-0.2, -0.15) is 0 Å². The van der Waals surface area contributed by atoms with Crippen molar-refractivity contribution in [2.75, 3.05) is 31.8 Å². The minimum atomic E-state index is -0.355. The van der Waals surface area contributed by atoms with Gasteiger partial charge in [-0.25, -0.2) is 9.78 Å². The van der Waals surface area contributed by atoms with Crippen molar-refractivity contribution in [1.82, 2.24) is 4.98 Å². The highest BCUT2D eigenvalue weighted by molar-refractivity contribution is 7.13. The fourth-order valence-corrected chi connectivity index (χ4v) is 2.94. The molecule has 6 heteroatoms. The number of anilines is 1. The van der Waals surface area contributed by atoms with E-state index in [1.165, 1.54) is 11.3 Å². The number of carbonyl (C=O) groups excluding carboxylic acids is 1. The first-order valence-electron chi connectivity index (χ1n) is 7.06. The molecule has 20 heavy (non-hydrogen) atoms. The normalized spacial score (nSPS) is 10.8. The van der Waals surface area contributed by atoms with Crippen molar-refractivity contribution in [3.8, 4) is 0 Å². The van der Waals surface area contributed by atoms with Gasteiger partial charge in [-0.1, -0.05) is 13.8 Å². The Morgan fingerprint density at radius 3 is 2.65 bits per heavy atom. The monoisotopic (exact) mass is 300 g/mol. The first kappa shape index (κ1) is 16.9. The van der Waals surface area contributed by atoms with Gasteiger partial charge in [0, 0.05) is 25.1 Å². The summed E-state index contributed by atoms with van der Waals surface area (Å²) in [6.45, 7) is 7.90. The number of aromatic nitrogens is 1.